The number of hydrogen-bond acceptors (Lipinski definition) is 4. The Hall–Kier alpha value is -6.15. The first kappa shape index (κ1) is 26.5. The second-order valence-electron chi connectivity index (χ2n) is 10.8. The van der Waals surface area contributed by atoms with Gasteiger partial charge in [-0.2, -0.15) is 10.5 Å². The summed E-state index contributed by atoms with van der Waals surface area (Å²) in [6.07, 6.45) is 0. The monoisotopic (exact) mass is 598 g/mol. The Labute approximate surface area is 258 Å². The van der Waals surface area contributed by atoms with Gasteiger partial charge < -0.3 is 9.13 Å². The Morgan fingerprint density at radius 1 is 0.533 bits per heavy atom. The molecule has 0 aliphatic rings. The molecule has 7 heteroatoms. The number of aromatic nitrogens is 2. The van der Waals surface area contributed by atoms with Crippen molar-refractivity contribution >= 4 is 53.4 Å². The molecule has 45 heavy (non-hydrogen) atoms. The number of benzene rings is 6. The molecule has 0 unspecified atom stereocenters. The highest BCUT2D eigenvalue weighted by Crippen LogP contribution is 2.42. The van der Waals surface area contributed by atoms with Gasteiger partial charge >= 0.3 is 0 Å². The molecule has 0 saturated carbocycles. The third kappa shape index (κ3) is 3.89. The van der Waals surface area contributed by atoms with Crippen LogP contribution >= 0.6 is 0 Å². The highest BCUT2D eigenvalue weighted by Gasteiger charge is 2.24. The molecule has 0 aliphatic carbocycles. The van der Waals surface area contributed by atoms with Crippen LogP contribution in [0.2, 0.25) is 0 Å². The lowest BCUT2D eigenvalue weighted by Gasteiger charge is -2.11. The lowest BCUT2D eigenvalue weighted by Crippen LogP contribution is -2.05. The minimum atomic E-state index is -4.00. The molecule has 6 aromatic carbocycles. The molecule has 212 valence electrons. The first-order valence-electron chi connectivity index (χ1n) is 14.3. The van der Waals surface area contributed by atoms with E-state index in [0.717, 1.165) is 49.6 Å². The van der Waals surface area contributed by atoms with Gasteiger partial charge in [-0.25, -0.2) is 8.42 Å². The third-order valence-corrected chi connectivity index (χ3v) is 10.2. The van der Waals surface area contributed by atoms with Crippen LogP contribution in [0.3, 0.4) is 0 Å². The van der Waals surface area contributed by atoms with E-state index >= 15 is 0 Å². The minimum Gasteiger partial charge on any atom is -0.309 e. The van der Waals surface area contributed by atoms with Crippen molar-refractivity contribution in [3.05, 3.63) is 145 Å². The van der Waals surface area contributed by atoms with Crippen molar-refractivity contribution in [3.63, 3.8) is 0 Å². The van der Waals surface area contributed by atoms with Crippen molar-refractivity contribution in [3.8, 4) is 23.5 Å². The Bertz CT molecular complexity index is 2670. The van der Waals surface area contributed by atoms with Crippen LogP contribution in [0.4, 0.5) is 0 Å². The zero-order valence-electron chi connectivity index (χ0n) is 23.7. The van der Waals surface area contributed by atoms with Gasteiger partial charge in [0.25, 0.3) is 0 Å². The molecule has 0 bridgehead atoms. The van der Waals surface area contributed by atoms with E-state index in [4.69, 9.17) is 0 Å². The largest absolute Gasteiger partial charge is 0.309 e. The van der Waals surface area contributed by atoms with Gasteiger partial charge in [0.05, 0.1) is 49.1 Å². The second kappa shape index (κ2) is 9.96. The van der Waals surface area contributed by atoms with Crippen LogP contribution in [0.15, 0.2) is 143 Å². The molecule has 2 heterocycles. The van der Waals surface area contributed by atoms with Gasteiger partial charge in [-0.05, 0) is 72.8 Å². The molecule has 0 aliphatic heterocycles. The summed E-state index contributed by atoms with van der Waals surface area (Å²) >= 11 is 0. The van der Waals surface area contributed by atoms with Gasteiger partial charge in [0.15, 0.2) is 0 Å². The quantitative estimate of drug-likeness (QED) is 0.203. The summed E-state index contributed by atoms with van der Waals surface area (Å²) in [4.78, 5) is -0.0513. The van der Waals surface area contributed by atoms with Gasteiger partial charge in [-0.3, -0.25) is 0 Å². The van der Waals surface area contributed by atoms with Crippen LogP contribution in [0, 0.1) is 22.7 Å². The van der Waals surface area contributed by atoms with Crippen molar-refractivity contribution in [1.29, 1.82) is 10.5 Å². The van der Waals surface area contributed by atoms with E-state index in [0.29, 0.717) is 0 Å². The van der Waals surface area contributed by atoms with Crippen molar-refractivity contribution in [2.75, 3.05) is 0 Å². The first-order chi connectivity index (χ1) is 22.0. The highest BCUT2D eigenvalue weighted by atomic mass is 32.2. The topological polar surface area (TPSA) is 91.6 Å². The number of nitriles is 2. The summed E-state index contributed by atoms with van der Waals surface area (Å²) in [5.41, 5.74) is 6.28. The normalized spacial score (nSPS) is 11.7. The van der Waals surface area contributed by atoms with Crippen LogP contribution in [0.1, 0.15) is 11.1 Å². The van der Waals surface area contributed by atoms with Crippen molar-refractivity contribution in [2.45, 2.75) is 9.79 Å². The van der Waals surface area contributed by atoms with Crippen molar-refractivity contribution in [2.24, 2.45) is 0 Å². The lowest BCUT2D eigenvalue weighted by molar-refractivity contribution is 0.596. The summed E-state index contributed by atoms with van der Waals surface area (Å²) in [7, 11) is -4.00. The SMILES string of the molecule is N#Cc1ccc(S(=O)(=O)c2ccc(-n3c4ccccc4c4c3ccc3c5ccccc5n(-c5ccccc5)c34)cc2)c(C#N)c1. The Morgan fingerprint density at radius 2 is 1.18 bits per heavy atom. The van der Waals surface area contributed by atoms with Gasteiger partial charge in [-0.15, -0.1) is 0 Å². The number of rotatable bonds is 4. The molecule has 0 radical (unpaired) electrons. The van der Waals surface area contributed by atoms with Gasteiger partial charge in [0.2, 0.25) is 9.84 Å². The molecule has 2 aromatic heterocycles. The van der Waals surface area contributed by atoms with E-state index in [9.17, 15) is 18.9 Å². The predicted octanol–water partition coefficient (Wildman–Crippen LogP) is 8.46. The highest BCUT2D eigenvalue weighted by molar-refractivity contribution is 7.91. The summed E-state index contributed by atoms with van der Waals surface area (Å²) in [5.74, 6) is 0. The fraction of sp³-hybridized carbons (Fsp3) is 0. The molecule has 6 nitrogen and oxygen atoms in total. The second-order valence-corrected chi connectivity index (χ2v) is 12.7. The Morgan fingerprint density at radius 3 is 1.89 bits per heavy atom. The van der Waals surface area contributed by atoms with Crippen LogP contribution in [-0.4, -0.2) is 17.6 Å². The fourth-order valence-electron chi connectivity index (χ4n) is 6.45. The fourth-order valence-corrected chi connectivity index (χ4v) is 7.84. The molecular formula is C38H22N4O2S. The van der Waals surface area contributed by atoms with E-state index in [1.54, 1.807) is 24.3 Å². The average Bonchev–Trinajstić information content (AvgIpc) is 3.61. The van der Waals surface area contributed by atoms with Crippen LogP contribution in [-0.2, 0) is 9.84 Å². The standard InChI is InChI=1S/C38H22N4O2S/c39-23-25-14-21-36(26(22-25)24-40)45(43,44)29-17-15-28(16-18-29)41-34-13-7-5-11-32(34)37-35(41)20-19-31-30-10-4-6-12-33(30)42(38(31)37)27-8-2-1-3-9-27/h1-22H. The van der Waals surface area contributed by atoms with Gasteiger partial charge in [0.1, 0.15) is 6.07 Å². The molecule has 8 rings (SSSR count). The zero-order chi connectivity index (χ0) is 30.7. The Kier molecular flexibility index (Phi) is 5.86. The lowest BCUT2D eigenvalue weighted by atomic mass is 10.1. The van der Waals surface area contributed by atoms with Crippen LogP contribution in [0.5, 0.6) is 0 Å². The molecule has 0 fully saturated rings. The maximum absolute atomic E-state index is 13.6. The number of nitrogens with zero attached hydrogens (tertiary/aromatic N) is 4. The Balaban J connectivity index is 1.38. The number of hydrogen-bond donors (Lipinski definition) is 0. The molecule has 0 spiro atoms. The van der Waals surface area contributed by atoms with Crippen LogP contribution in [0.25, 0.3) is 55.0 Å². The molecule has 0 saturated heterocycles. The molecule has 8 aromatic rings. The summed E-state index contributed by atoms with van der Waals surface area (Å²) < 4.78 is 31.7. The van der Waals surface area contributed by atoms with Gasteiger partial charge in [0, 0.05) is 32.9 Å². The van der Waals surface area contributed by atoms with E-state index in [-0.39, 0.29) is 20.9 Å². The van der Waals surface area contributed by atoms with E-state index < -0.39 is 9.84 Å². The maximum Gasteiger partial charge on any atom is 0.207 e. The molecule has 0 amide bonds. The van der Waals surface area contributed by atoms with E-state index in [1.807, 2.05) is 42.5 Å². The number of para-hydroxylation sites is 3. The smallest absolute Gasteiger partial charge is 0.207 e. The summed E-state index contributed by atoms with van der Waals surface area (Å²) in [6, 6.07) is 46.0. The van der Waals surface area contributed by atoms with Crippen molar-refractivity contribution < 1.29 is 8.42 Å². The summed E-state index contributed by atoms with van der Waals surface area (Å²) in [5, 5.41) is 23.3. The average molecular weight is 599 g/mol. The maximum atomic E-state index is 13.6. The van der Waals surface area contributed by atoms with E-state index in [1.165, 1.54) is 23.6 Å². The summed E-state index contributed by atoms with van der Waals surface area (Å²) in [6.45, 7) is 0. The first-order valence-corrected chi connectivity index (χ1v) is 15.8. The van der Waals surface area contributed by atoms with Gasteiger partial charge in [-0.1, -0.05) is 60.7 Å². The predicted molar refractivity (Wildman–Crippen MR) is 176 cm³/mol. The third-order valence-electron chi connectivity index (χ3n) is 8.41. The van der Waals surface area contributed by atoms with Crippen molar-refractivity contribution in [1.82, 2.24) is 9.13 Å². The molecule has 0 atom stereocenters. The van der Waals surface area contributed by atoms with Crippen LogP contribution < -0.4 is 0 Å². The van der Waals surface area contributed by atoms with E-state index in [2.05, 4.69) is 69.8 Å². The molecule has 0 N–H and O–H groups in total. The number of fused-ring (bicyclic) bond motifs is 7. The number of sulfone groups is 1. The zero-order valence-corrected chi connectivity index (χ0v) is 24.5. The molecular weight excluding hydrogens is 577 g/mol. The minimum absolute atomic E-state index is 0.0571.